The zero-order valence-corrected chi connectivity index (χ0v) is 18.8. The second kappa shape index (κ2) is 8.45. The van der Waals surface area contributed by atoms with Crippen LogP contribution in [0.5, 0.6) is 0 Å². The first-order valence-corrected chi connectivity index (χ1v) is 10.7. The normalized spacial score (nSPS) is 18.6. The van der Waals surface area contributed by atoms with Gasteiger partial charge >= 0.3 is 0 Å². The molecule has 32 heavy (non-hydrogen) atoms. The van der Waals surface area contributed by atoms with Gasteiger partial charge in [0.25, 0.3) is 5.91 Å². The highest BCUT2D eigenvalue weighted by molar-refractivity contribution is 6.04. The van der Waals surface area contributed by atoms with Gasteiger partial charge in [-0.05, 0) is 39.0 Å². The van der Waals surface area contributed by atoms with Gasteiger partial charge in [0, 0.05) is 56.2 Å². The Morgan fingerprint density at radius 2 is 1.94 bits per heavy atom. The molecule has 0 saturated carbocycles. The Morgan fingerprint density at radius 1 is 1.22 bits per heavy atom. The van der Waals surface area contributed by atoms with Gasteiger partial charge in [-0.15, -0.1) is 0 Å². The molecule has 8 nitrogen and oxygen atoms in total. The van der Waals surface area contributed by atoms with Crippen LogP contribution in [0.2, 0.25) is 0 Å². The van der Waals surface area contributed by atoms with E-state index in [0.717, 1.165) is 41.2 Å². The molecule has 1 aliphatic heterocycles. The molecule has 0 spiro atoms. The summed E-state index contributed by atoms with van der Waals surface area (Å²) in [5, 5.41) is 3.68. The molecule has 168 valence electrons. The van der Waals surface area contributed by atoms with Gasteiger partial charge in [0.05, 0.1) is 17.6 Å². The van der Waals surface area contributed by atoms with Gasteiger partial charge < -0.3 is 20.1 Å². The molecule has 2 amide bonds. The van der Waals surface area contributed by atoms with E-state index in [9.17, 15) is 9.59 Å². The lowest BCUT2D eigenvalue weighted by Crippen LogP contribution is -2.58. The third-order valence-electron chi connectivity index (χ3n) is 5.79. The number of rotatable bonds is 4. The number of pyridine rings is 2. The van der Waals surface area contributed by atoms with Crippen molar-refractivity contribution >= 4 is 34.4 Å². The van der Waals surface area contributed by atoms with Crippen molar-refractivity contribution in [2.75, 3.05) is 23.3 Å². The Labute approximate surface area is 188 Å². The van der Waals surface area contributed by atoms with Gasteiger partial charge in [0.15, 0.2) is 0 Å². The Kier molecular flexibility index (Phi) is 5.69. The monoisotopic (exact) mass is 434 g/mol. The number of carbonyl (C=O) groups excluding carboxylic acids is 2. The number of aromatic nitrogens is 3. The second-order valence-corrected chi connectivity index (χ2v) is 8.47. The average molecular weight is 435 g/mol. The van der Waals surface area contributed by atoms with Crippen LogP contribution in [-0.2, 0) is 9.59 Å². The fraction of sp³-hybridized carbons (Fsp3) is 0.333. The van der Waals surface area contributed by atoms with Crippen LogP contribution in [0.3, 0.4) is 0 Å². The summed E-state index contributed by atoms with van der Waals surface area (Å²) in [7, 11) is 0. The maximum Gasteiger partial charge on any atom is 0.250 e. The summed E-state index contributed by atoms with van der Waals surface area (Å²) >= 11 is 0. The number of hydrogen-bond acceptors (Lipinski definition) is 5. The molecule has 3 aromatic rings. The lowest BCUT2D eigenvalue weighted by molar-refractivity contribution is -0.133. The first kappa shape index (κ1) is 21.5. The minimum Gasteiger partial charge on any atom is -0.352 e. The van der Waals surface area contributed by atoms with Gasteiger partial charge in [-0.3, -0.25) is 9.59 Å². The van der Waals surface area contributed by atoms with Crippen LogP contribution in [-0.4, -0.2) is 56.8 Å². The molecule has 0 aliphatic carbocycles. The SMILES string of the molecule is C=C(C)C(=O)Nc1cnc2[nH]cc(-c3cccc(N4C[C@@H](C)N(C(C)=O)[C@@H](C)C4)n3)c2c1.[HH]. The van der Waals surface area contributed by atoms with Crippen LogP contribution >= 0.6 is 0 Å². The van der Waals surface area contributed by atoms with Crippen molar-refractivity contribution in [2.45, 2.75) is 39.8 Å². The van der Waals surface area contributed by atoms with Gasteiger partial charge in [0.1, 0.15) is 11.5 Å². The number of H-pyrrole nitrogens is 1. The van der Waals surface area contributed by atoms with E-state index < -0.39 is 0 Å². The number of aromatic amines is 1. The van der Waals surface area contributed by atoms with E-state index in [1.807, 2.05) is 35.4 Å². The van der Waals surface area contributed by atoms with Gasteiger partial charge in [-0.25, -0.2) is 9.97 Å². The standard InChI is InChI=1S/C24H28N6O2.H2/c1-14(2)24(32)27-18-9-19-20(11-26-23(19)25-10-18)21-7-6-8-22(28-21)29-12-15(3)30(17(5)31)16(4)13-29;/h6-11,15-16H,1,12-13H2,2-5H3,(H,25,26)(H,27,32);1H/t15-,16+;. The smallest absolute Gasteiger partial charge is 0.250 e. The van der Waals surface area contributed by atoms with Crippen molar-refractivity contribution in [2.24, 2.45) is 0 Å². The molecule has 0 unspecified atom stereocenters. The third kappa shape index (κ3) is 4.08. The number of nitrogens with zero attached hydrogens (tertiary/aromatic N) is 4. The van der Waals surface area contributed by atoms with E-state index in [1.54, 1.807) is 20.0 Å². The number of hydrogen-bond donors (Lipinski definition) is 2. The number of piperazine rings is 1. The lowest BCUT2D eigenvalue weighted by atomic mass is 10.1. The predicted molar refractivity (Wildman–Crippen MR) is 129 cm³/mol. The lowest BCUT2D eigenvalue weighted by Gasteiger charge is -2.44. The van der Waals surface area contributed by atoms with E-state index in [4.69, 9.17) is 4.98 Å². The van der Waals surface area contributed by atoms with Crippen molar-refractivity contribution in [1.82, 2.24) is 19.9 Å². The highest BCUT2D eigenvalue weighted by Crippen LogP contribution is 2.30. The molecular formula is C24H30N6O2. The Hall–Kier alpha value is -3.68. The molecule has 8 heteroatoms. The summed E-state index contributed by atoms with van der Waals surface area (Å²) in [4.78, 5) is 40.7. The minimum atomic E-state index is -0.240. The minimum absolute atomic E-state index is 0. The molecule has 2 N–H and O–H groups in total. The second-order valence-electron chi connectivity index (χ2n) is 8.47. The van der Waals surface area contributed by atoms with Gasteiger partial charge in [-0.1, -0.05) is 12.6 Å². The van der Waals surface area contributed by atoms with Gasteiger partial charge in [-0.2, -0.15) is 0 Å². The molecule has 1 aliphatic rings. The summed E-state index contributed by atoms with van der Waals surface area (Å²) in [5.74, 6) is 0.738. The highest BCUT2D eigenvalue weighted by atomic mass is 16.2. The van der Waals surface area contributed by atoms with Crippen molar-refractivity contribution in [3.8, 4) is 11.3 Å². The molecule has 0 radical (unpaired) electrons. The van der Waals surface area contributed by atoms with E-state index in [0.29, 0.717) is 11.3 Å². The first-order chi connectivity index (χ1) is 15.2. The fourth-order valence-corrected chi connectivity index (χ4v) is 4.40. The maximum atomic E-state index is 12.0. The number of carbonyl (C=O) groups is 2. The Bertz CT molecular complexity index is 1190. The summed E-state index contributed by atoms with van der Waals surface area (Å²) < 4.78 is 0. The van der Waals surface area contributed by atoms with Crippen LogP contribution < -0.4 is 10.2 Å². The zero-order chi connectivity index (χ0) is 23.0. The predicted octanol–water partition coefficient (Wildman–Crippen LogP) is 3.83. The molecule has 2 atom stereocenters. The molecular weight excluding hydrogens is 404 g/mol. The van der Waals surface area contributed by atoms with Crippen LogP contribution in [0.1, 0.15) is 29.1 Å². The quantitative estimate of drug-likeness (QED) is 0.609. The number of amides is 2. The molecule has 3 aromatic heterocycles. The summed E-state index contributed by atoms with van der Waals surface area (Å²) in [6.45, 7) is 12.6. The summed E-state index contributed by atoms with van der Waals surface area (Å²) in [6.07, 6.45) is 3.50. The molecule has 4 heterocycles. The van der Waals surface area contributed by atoms with E-state index >= 15 is 0 Å². The summed E-state index contributed by atoms with van der Waals surface area (Å²) in [6, 6.07) is 8.06. The Balaban J connectivity index is 0.00000306. The van der Waals surface area contributed by atoms with E-state index in [2.05, 4.69) is 40.6 Å². The largest absolute Gasteiger partial charge is 0.352 e. The topological polar surface area (TPSA) is 94.2 Å². The van der Waals surface area contributed by atoms with Crippen molar-refractivity contribution in [1.29, 1.82) is 0 Å². The van der Waals surface area contributed by atoms with Crippen molar-refractivity contribution < 1.29 is 11.0 Å². The number of fused-ring (bicyclic) bond motifs is 1. The number of nitrogens with one attached hydrogen (secondary N) is 2. The fourth-order valence-electron chi connectivity index (χ4n) is 4.40. The van der Waals surface area contributed by atoms with Crippen LogP contribution in [0.25, 0.3) is 22.3 Å². The van der Waals surface area contributed by atoms with E-state index in [-0.39, 0.29) is 25.3 Å². The Morgan fingerprint density at radius 3 is 2.59 bits per heavy atom. The molecule has 0 aromatic carbocycles. The zero-order valence-electron chi connectivity index (χ0n) is 18.8. The molecule has 1 fully saturated rings. The maximum absolute atomic E-state index is 12.0. The van der Waals surface area contributed by atoms with Crippen molar-refractivity contribution in [3.63, 3.8) is 0 Å². The molecule has 0 bridgehead atoms. The molecule has 1 saturated heterocycles. The number of anilines is 2. The first-order valence-electron chi connectivity index (χ1n) is 10.7. The van der Waals surface area contributed by atoms with E-state index in [1.165, 1.54) is 0 Å². The third-order valence-corrected chi connectivity index (χ3v) is 5.79. The van der Waals surface area contributed by atoms with Crippen LogP contribution in [0.4, 0.5) is 11.5 Å². The summed E-state index contributed by atoms with van der Waals surface area (Å²) in [5.41, 5.74) is 3.47. The highest BCUT2D eigenvalue weighted by Gasteiger charge is 2.31. The van der Waals surface area contributed by atoms with Crippen LogP contribution in [0, 0.1) is 0 Å². The van der Waals surface area contributed by atoms with Gasteiger partial charge in [0.2, 0.25) is 5.91 Å². The average Bonchev–Trinajstić information content (AvgIpc) is 3.16. The van der Waals surface area contributed by atoms with Crippen LogP contribution in [0.15, 0.2) is 48.8 Å². The molecule has 4 rings (SSSR count). The van der Waals surface area contributed by atoms with Crippen molar-refractivity contribution in [3.05, 3.63) is 48.8 Å².